The Morgan fingerprint density at radius 3 is 2.63 bits per heavy atom. The number of nitrogens with one attached hydrogen (secondary N) is 1. The summed E-state index contributed by atoms with van der Waals surface area (Å²) < 4.78 is 35.8. The van der Waals surface area contributed by atoms with Gasteiger partial charge in [-0.05, 0) is 18.4 Å². The fraction of sp³-hybridized carbons (Fsp3) is 0.579. The van der Waals surface area contributed by atoms with Crippen LogP contribution >= 0.6 is 0 Å². The van der Waals surface area contributed by atoms with Crippen molar-refractivity contribution in [2.75, 3.05) is 32.5 Å². The highest BCUT2D eigenvalue weighted by Gasteiger charge is 2.39. The van der Waals surface area contributed by atoms with E-state index in [4.69, 9.17) is 14.3 Å². The molecule has 0 radical (unpaired) electrons. The summed E-state index contributed by atoms with van der Waals surface area (Å²) in [5, 5.41) is 0. The number of hydrogen-bond acceptors (Lipinski definition) is 7. The number of carbonyl (C=O) groups is 2. The van der Waals surface area contributed by atoms with Crippen molar-refractivity contribution < 1.29 is 32.3 Å². The number of hydrogen-bond donors (Lipinski definition) is 1. The topological polar surface area (TPSA) is 114 Å². The third-order valence-electron chi connectivity index (χ3n) is 4.98. The third kappa shape index (κ3) is 6.14. The zero-order chi connectivity index (χ0) is 21.6. The quantitative estimate of drug-likeness (QED) is 0.651. The standard InChI is InChI=1S/C19H27N3O7S/c1-30(25,26)21-10-11-22(19(24)28-14-15-7-3-2-4-8-15)16(13-21)18(23)20-29-17-9-5-6-12-27-17/h2-4,7-8,16-17H,5-6,9-14H2,1H3,(H,20,23)/t16-,17?/m1/s1. The lowest BCUT2D eigenvalue weighted by atomic mass is 10.2. The van der Waals surface area contributed by atoms with Crippen molar-refractivity contribution in [3.05, 3.63) is 35.9 Å². The highest BCUT2D eigenvalue weighted by molar-refractivity contribution is 7.88. The first-order valence-electron chi connectivity index (χ1n) is 9.84. The van der Waals surface area contributed by atoms with E-state index in [0.717, 1.165) is 29.0 Å². The highest BCUT2D eigenvalue weighted by Crippen LogP contribution is 2.17. The largest absolute Gasteiger partial charge is 0.445 e. The van der Waals surface area contributed by atoms with Gasteiger partial charge in [-0.2, -0.15) is 4.31 Å². The van der Waals surface area contributed by atoms with Crippen molar-refractivity contribution in [1.82, 2.24) is 14.7 Å². The Kier molecular flexibility index (Phi) is 7.64. The second kappa shape index (κ2) is 10.2. The van der Waals surface area contributed by atoms with Crippen LogP contribution in [0.5, 0.6) is 0 Å². The average molecular weight is 442 g/mol. The molecule has 0 spiro atoms. The van der Waals surface area contributed by atoms with Gasteiger partial charge in [-0.25, -0.2) is 23.5 Å². The Labute approximate surface area is 176 Å². The molecule has 1 N–H and O–H groups in total. The molecule has 3 rings (SSSR count). The van der Waals surface area contributed by atoms with Gasteiger partial charge in [0.25, 0.3) is 5.91 Å². The van der Waals surface area contributed by atoms with E-state index in [2.05, 4.69) is 5.48 Å². The van der Waals surface area contributed by atoms with E-state index < -0.39 is 34.4 Å². The molecule has 2 saturated heterocycles. The van der Waals surface area contributed by atoms with Gasteiger partial charge in [-0.15, -0.1) is 0 Å². The van der Waals surface area contributed by atoms with E-state index in [-0.39, 0.29) is 26.2 Å². The third-order valence-corrected chi connectivity index (χ3v) is 6.25. The Hall–Kier alpha value is -2.21. The van der Waals surface area contributed by atoms with Crippen LogP contribution in [0, 0.1) is 0 Å². The molecule has 10 nitrogen and oxygen atoms in total. The van der Waals surface area contributed by atoms with Crippen LogP contribution in [0.15, 0.2) is 30.3 Å². The summed E-state index contributed by atoms with van der Waals surface area (Å²) in [5.41, 5.74) is 3.12. The average Bonchev–Trinajstić information content (AvgIpc) is 2.76. The fourth-order valence-corrected chi connectivity index (χ4v) is 4.13. The van der Waals surface area contributed by atoms with Crippen LogP contribution in [0.1, 0.15) is 24.8 Å². The lowest BCUT2D eigenvalue weighted by Crippen LogP contribution is -2.61. The molecular formula is C19H27N3O7S. The van der Waals surface area contributed by atoms with E-state index in [1.807, 2.05) is 30.3 Å². The molecule has 2 atom stereocenters. The maximum absolute atomic E-state index is 12.7. The van der Waals surface area contributed by atoms with Crippen molar-refractivity contribution in [2.24, 2.45) is 0 Å². The predicted molar refractivity (Wildman–Crippen MR) is 106 cm³/mol. The molecule has 1 aromatic carbocycles. The molecule has 30 heavy (non-hydrogen) atoms. The molecule has 0 bridgehead atoms. The lowest BCUT2D eigenvalue weighted by molar-refractivity contribution is -0.202. The minimum atomic E-state index is -3.52. The van der Waals surface area contributed by atoms with Gasteiger partial charge < -0.3 is 9.47 Å². The number of ether oxygens (including phenoxy) is 2. The first-order chi connectivity index (χ1) is 14.3. The normalized spacial score (nSPS) is 23.0. The van der Waals surface area contributed by atoms with Crippen molar-refractivity contribution >= 4 is 22.0 Å². The number of benzene rings is 1. The van der Waals surface area contributed by atoms with Gasteiger partial charge in [-0.1, -0.05) is 30.3 Å². The summed E-state index contributed by atoms with van der Waals surface area (Å²) >= 11 is 0. The first kappa shape index (κ1) is 22.5. The van der Waals surface area contributed by atoms with Crippen LogP contribution in [-0.4, -0.2) is 74.5 Å². The van der Waals surface area contributed by atoms with E-state index in [9.17, 15) is 18.0 Å². The molecule has 0 aromatic heterocycles. The molecule has 1 unspecified atom stereocenters. The zero-order valence-electron chi connectivity index (χ0n) is 16.9. The van der Waals surface area contributed by atoms with Gasteiger partial charge in [0.1, 0.15) is 12.6 Å². The lowest BCUT2D eigenvalue weighted by Gasteiger charge is -2.38. The van der Waals surface area contributed by atoms with Gasteiger partial charge in [0.2, 0.25) is 10.0 Å². The molecular weight excluding hydrogens is 414 g/mol. The van der Waals surface area contributed by atoms with Gasteiger partial charge in [0.15, 0.2) is 6.29 Å². The van der Waals surface area contributed by atoms with Gasteiger partial charge in [0, 0.05) is 32.7 Å². The Balaban J connectivity index is 1.64. The smallest absolute Gasteiger partial charge is 0.410 e. The number of sulfonamides is 1. The second-order valence-electron chi connectivity index (χ2n) is 7.25. The summed E-state index contributed by atoms with van der Waals surface area (Å²) in [4.78, 5) is 31.9. The predicted octanol–water partition coefficient (Wildman–Crippen LogP) is 0.843. The van der Waals surface area contributed by atoms with Crippen molar-refractivity contribution in [3.63, 3.8) is 0 Å². The molecule has 1 aromatic rings. The fourth-order valence-electron chi connectivity index (χ4n) is 3.30. The minimum Gasteiger partial charge on any atom is -0.445 e. The maximum atomic E-state index is 12.7. The molecule has 2 aliphatic heterocycles. The Morgan fingerprint density at radius 1 is 1.20 bits per heavy atom. The number of carbonyl (C=O) groups excluding carboxylic acids is 2. The van der Waals surface area contributed by atoms with Crippen LogP contribution in [0.25, 0.3) is 0 Å². The summed E-state index contributed by atoms with van der Waals surface area (Å²) in [5.74, 6) is -0.630. The molecule has 2 heterocycles. The number of piperazine rings is 1. The summed E-state index contributed by atoms with van der Waals surface area (Å²) in [7, 11) is -3.52. The van der Waals surface area contributed by atoms with Crippen LogP contribution in [0.4, 0.5) is 4.79 Å². The van der Waals surface area contributed by atoms with Crippen LogP contribution in [0.3, 0.4) is 0 Å². The molecule has 0 aliphatic carbocycles. The molecule has 11 heteroatoms. The molecule has 2 amide bonds. The number of hydroxylamine groups is 1. The van der Waals surface area contributed by atoms with E-state index in [0.29, 0.717) is 13.0 Å². The molecule has 0 saturated carbocycles. The Bertz CT molecular complexity index is 828. The monoisotopic (exact) mass is 441 g/mol. The van der Waals surface area contributed by atoms with Gasteiger partial charge in [-0.3, -0.25) is 9.69 Å². The zero-order valence-corrected chi connectivity index (χ0v) is 17.7. The van der Waals surface area contributed by atoms with Crippen molar-refractivity contribution in [2.45, 2.75) is 38.2 Å². The van der Waals surface area contributed by atoms with E-state index >= 15 is 0 Å². The molecule has 2 aliphatic rings. The summed E-state index contributed by atoms with van der Waals surface area (Å²) in [6.07, 6.45) is 2.31. The van der Waals surface area contributed by atoms with Crippen molar-refractivity contribution in [3.8, 4) is 0 Å². The maximum Gasteiger partial charge on any atom is 0.410 e. The van der Waals surface area contributed by atoms with Crippen LogP contribution in [0.2, 0.25) is 0 Å². The number of nitrogens with zero attached hydrogens (tertiary/aromatic N) is 2. The SMILES string of the molecule is CS(=O)(=O)N1CCN(C(=O)OCc2ccccc2)[C@@H](C(=O)NOC2CCCCO2)C1. The minimum absolute atomic E-state index is 0.0265. The van der Waals surface area contributed by atoms with E-state index in [1.165, 1.54) is 4.90 Å². The number of rotatable bonds is 6. The molecule has 2 fully saturated rings. The second-order valence-corrected chi connectivity index (χ2v) is 9.23. The van der Waals surface area contributed by atoms with Crippen molar-refractivity contribution in [1.29, 1.82) is 0 Å². The van der Waals surface area contributed by atoms with Gasteiger partial charge in [0.05, 0.1) is 6.26 Å². The Morgan fingerprint density at radius 2 is 1.97 bits per heavy atom. The highest BCUT2D eigenvalue weighted by atomic mass is 32.2. The van der Waals surface area contributed by atoms with Crippen LogP contribution in [-0.2, 0) is 35.7 Å². The number of amides is 2. The first-order valence-corrected chi connectivity index (χ1v) is 11.7. The van der Waals surface area contributed by atoms with Crippen LogP contribution < -0.4 is 5.48 Å². The molecule has 166 valence electrons. The van der Waals surface area contributed by atoms with Gasteiger partial charge >= 0.3 is 6.09 Å². The summed E-state index contributed by atoms with van der Waals surface area (Å²) in [6, 6.07) is 8.06. The summed E-state index contributed by atoms with van der Waals surface area (Å²) in [6.45, 7) is 0.519. The van der Waals surface area contributed by atoms with E-state index in [1.54, 1.807) is 0 Å².